The number of carboxylic acid groups (broad SMARTS) is 1. The smallest absolute Gasteiger partial charge is 0.224 e. The second-order valence-electron chi connectivity index (χ2n) is 5.36. The van der Waals surface area contributed by atoms with Gasteiger partial charge in [0.05, 0.1) is 19.1 Å². The van der Waals surface area contributed by atoms with Crippen LogP contribution in [-0.4, -0.2) is 18.5 Å². The van der Waals surface area contributed by atoms with Crippen LogP contribution in [0, 0.1) is 0 Å². The van der Waals surface area contributed by atoms with Crippen LogP contribution in [0.5, 0.6) is 5.75 Å². The Morgan fingerprint density at radius 2 is 1.75 bits per heavy atom. The third kappa shape index (κ3) is 5.43. The zero-order chi connectivity index (χ0) is 17.4. The third-order valence-electron chi connectivity index (χ3n) is 3.51. The maximum Gasteiger partial charge on any atom is 0.224 e. The van der Waals surface area contributed by atoms with Gasteiger partial charge in [-0.1, -0.05) is 42.5 Å². The van der Waals surface area contributed by atoms with Gasteiger partial charge in [-0.2, -0.15) is 0 Å². The highest BCUT2D eigenvalue weighted by Crippen LogP contribution is 2.20. The number of nitrogens with one attached hydrogen (secondary N) is 1. The summed E-state index contributed by atoms with van der Waals surface area (Å²) in [6.07, 6.45) is -0.0874. The van der Waals surface area contributed by atoms with E-state index in [2.05, 4.69) is 5.32 Å². The molecule has 0 spiro atoms. The topological polar surface area (TPSA) is 78.5 Å². The summed E-state index contributed by atoms with van der Waals surface area (Å²) >= 11 is 0. The molecule has 0 saturated heterocycles. The maximum absolute atomic E-state index is 12.2. The van der Waals surface area contributed by atoms with Crippen LogP contribution in [0.1, 0.15) is 30.5 Å². The number of carbonyl (C=O) groups excluding carboxylic acids is 2. The van der Waals surface area contributed by atoms with Crippen LogP contribution in [0.3, 0.4) is 0 Å². The number of carboxylic acids is 1. The molecule has 0 aliphatic heterocycles. The van der Waals surface area contributed by atoms with Crippen molar-refractivity contribution < 1.29 is 19.4 Å². The van der Waals surface area contributed by atoms with Gasteiger partial charge in [0.25, 0.3) is 0 Å². The van der Waals surface area contributed by atoms with Crippen LogP contribution in [0.4, 0.5) is 0 Å². The van der Waals surface area contributed by atoms with Crippen LogP contribution >= 0.6 is 0 Å². The van der Waals surface area contributed by atoms with E-state index in [-0.39, 0.29) is 18.7 Å². The van der Waals surface area contributed by atoms with E-state index in [4.69, 9.17) is 4.74 Å². The molecule has 0 radical (unpaired) electrons. The SMILES string of the molecule is CCOc1ccc([C@@H](CC(=O)[O-])NC(=O)Cc2ccccc2)cc1. The number of hydrogen-bond acceptors (Lipinski definition) is 4. The summed E-state index contributed by atoms with van der Waals surface area (Å²) in [6.45, 7) is 2.44. The van der Waals surface area contributed by atoms with Gasteiger partial charge < -0.3 is 20.0 Å². The first-order valence-electron chi connectivity index (χ1n) is 7.84. The Hall–Kier alpha value is -2.82. The first kappa shape index (κ1) is 17.5. The summed E-state index contributed by atoms with van der Waals surface area (Å²) < 4.78 is 5.37. The molecule has 0 heterocycles. The van der Waals surface area contributed by atoms with Crippen molar-refractivity contribution in [1.82, 2.24) is 5.32 Å². The monoisotopic (exact) mass is 326 g/mol. The molecule has 1 amide bonds. The van der Waals surface area contributed by atoms with Crippen molar-refractivity contribution in [2.45, 2.75) is 25.8 Å². The van der Waals surface area contributed by atoms with Gasteiger partial charge in [0.1, 0.15) is 5.75 Å². The molecule has 2 aromatic rings. The quantitative estimate of drug-likeness (QED) is 0.799. The summed E-state index contributed by atoms with van der Waals surface area (Å²) in [7, 11) is 0. The fourth-order valence-electron chi connectivity index (χ4n) is 2.41. The molecular formula is C19H20NO4-. The highest BCUT2D eigenvalue weighted by Gasteiger charge is 2.15. The summed E-state index contributed by atoms with van der Waals surface area (Å²) in [5.41, 5.74) is 1.57. The van der Waals surface area contributed by atoms with E-state index in [1.807, 2.05) is 37.3 Å². The first-order valence-corrected chi connectivity index (χ1v) is 7.84. The van der Waals surface area contributed by atoms with Crippen LogP contribution in [0.15, 0.2) is 54.6 Å². The van der Waals surface area contributed by atoms with Gasteiger partial charge in [0.2, 0.25) is 5.91 Å². The van der Waals surface area contributed by atoms with Crippen LogP contribution < -0.4 is 15.2 Å². The number of ether oxygens (including phenoxy) is 1. The Labute approximate surface area is 141 Å². The number of benzene rings is 2. The van der Waals surface area contributed by atoms with Crippen LogP contribution in [0.25, 0.3) is 0 Å². The molecule has 1 atom stereocenters. The van der Waals surface area contributed by atoms with Gasteiger partial charge in [0.15, 0.2) is 0 Å². The third-order valence-corrected chi connectivity index (χ3v) is 3.51. The van der Waals surface area contributed by atoms with Gasteiger partial charge >= 0.3 is 0 Å². The lowest BCUT2D eigenvalue weighted by molar-refractivity contribution is -0.306. The number of amides is 1. The molecule has 1 N–H and O–H groups in total. The zero-order valence-corrected chi connectivity index (χ0v) is 13.5. The predicted octanol–water partition coefficient (Wildman–Crippen LogP) is 1.63. The van der Waals surface area contributed by atoms with Crippen molar-refractivity contribution in [2.24, 2.45) is 0 Å². The lowest BCUT2D eigenvalue weighted by atomic mass is 10.0. The average molecular weight is 326 g/mol. The molecule has 0 unspecified atom stereocenters. The van der Waals surface area contributed by atoms with E-state index >= 15 is 0 Å². The van der Waals surface area contributed by atoms with Crippen molar-refractivity contribution in [3.05, 3.63) is 65.7 Å². The van der Waals surface area contributed by atoms with E-state index in [1.165, 1.54) is 0 Å². The largest absolute Gasteiger partial charge is 0.550 e. The Balaban J connectivity index is 2.07. The van der Waals surface area contributed by atoms with E-state index in [0.717, 1.165) is 5.56 Å². The summed E-state index contributed by atoms with van der Waals surface area (Å²) in [4.78, 5) is 23.2. The fourth-order valence-corrected chi connectivity index (χ4v) is 2.41. The minimum absolute atomic E-state index is 0.196. The molecule has 2 rings (SSSR count). The molecule has 2 aromatic carbocycles. The molecule has 0 aromatic heterocycles. The van der Waals surface area contributed by atoms with Crippen molar-refractivity contribution in [1.29, 1.82) is 0 Å². The summed E-state index contributed by atoms with van der Waals surface area (Å²) in [6, 6.07) is 15.7. The molecule has 0 aliphatic rings. The number of carbonyl (C=O) groups is 2. The Bertz CT molecular complexity index is 668. The van der Waals surface area contributed by atoms with Gasteiger partial charge in [-0.25, -0.2) is 0 Å². The first-order chi connectivity index (χ1) is 11.6. The van der Waals surface area contributed by atoms with Crippen molar-refractivity contribution in [2.75, 3.05) is 6.61 Å². The highest BCUT2D eigenvalue weighted by molar-refractivity contribution is 5.79. The molecule has 0 fully saturated rings. The van der Waals surface area contributed by atoms with Gasteiger partial charge in [-0.05, 0) is 30.2 Å². The lowest BCUT2D eigenvalue weighted by Crippen LogP contribution is -2.35. The second-order valence-corrected chi connectivity index (χ2v) is 5.36. The minimum Gasteiger partial charge on any atom is -0.550 e. The number of hydrogen-bond donors (Lipinski definition) is 1. The van der Waals surface area contributed by atoms with E-state index in [9.17, 15) is 14.7 Å². The normalized spacial score (nSPS) is 11.5. The Kier molecular flexibility index (Phi) is 6.37. The van der Waals surface area contributed by atoms with Crippen molar-refractivity contribution in [3.63, 3.8) is 0 Å². The molecule has 5 nitrogen and oxygen atoms in total. The molecule has 0 aliphatic carbocycles. The summed E-state index contributed by atoms with van der Waals surface area (Å²) in [5, 5.41) is 13.8. The van der Waals surface area contributed by atoms with Crippen molar-refractivity contribution in [3.8, 4) is 5.75 Å². The molecule has 126 valence electrons. The summed E-state index contributed by atoms with van der Waals surface area (Å²) in [5.74, 6) is -0.751. The average Bonchev–Trinajstić information content (AvgIpc) is 2.56. The molecule has 0 bridgehead atoms. The van der Waals surface area contributed by atoms with Gasteiger partial charge in [0, 0.05) is 12.4 Å². The minimum atomic E-state index is -1.21. The molecule has 24 heavy (non-hydrogen) atoms. The number of aliphatic carboxylic acids is 1. The van der Waals surface area contributed by atoms with Crippen molar-refractivity contribution >= 4 is 11.9 Å². The molecular weight excluding hydrogens is 306 g/mol. The maximum atomic E-state index is 12.2. The molecule has 5 heteroatoms. The standard InChI is InChI=1S/C19H21NO4/c1-2-24-16-10-8-15(9-11-16)17(13-19(22)23)20-18(21)12-14-6-4-3-5-7-14/h3-11,17H,2,12-13H2,1H3,(H,20,21)(H,22,23)/p-1/t17-/m1/s1. The predicted molar refractivity (Wildman–Crippen MR) is 88.3 cm³/mol. The van der Waals surface area contributed by atoms with Crippen LogP contribution in [0.2, 0.25) is 0 Å². The Morgan fingerprint density at radius 3 is 2.33 bits per heavy atom. The van der Waals surface area contributed by atoms with E-state index in [0.29, 0.717) is 17.9 Å². The van der Waals surface area contributed by atoms with E-state index < -0.39 is 12.0 Å². The Morgan fingerprint density at radius 1 is 1.08 bits per heavy atom. The van der Waals surface area contributed by atoms with E-state index in [1.54, 1.807) is 24.3 Å². The second kappa shape index (κ2) is 8.72. The fraction of sp³-hybridized carbons (Fsp3) is 0.263. The van der Waals surface area contributed by atoms with Gasteiger partial charge in [-0.3, -0.25) is 4.79 Å². The number of rotatable bonds is 8. The molecule has 0 saturated carbocycles. The highest BCUT2D eigenvalue weighted by atomic mass is 16.5. The van der Waals surface area contributed by atoms with Crippen LogP contribution in [-0.2, 0) is 16.0 Å². The zero-order valence-electron chi connectivity index (χ0n) is 13.5. The lowest BCUT2D eigenvalue weighted by Gasteiger charge is -2.20. The van der Waals surface area contributed by atoms with Gasteiger partial charge in [-0.15, -0.1) is 0 Å².